The first-order valence-electron chi connectivity index (χ1n) is 9.71. The minimum Gasteiger partial charge on any atom is -0.377 e. The van der Waals surface area contributed by atoms with E-state index in [9.17, 15) is 0 Å². The quantitative estimate of drug-likeness (QED) is 0.637. The van der Waals surface area contributed by atoms with Gasteiger partial charge in [0.05, 0.1) is 6.04 Å². The normalized spacial score (nSPS) is 23.3. The molecule has 2 aromatic carbocycles. The second-order valence-corrected chi connectivity index (χ2v) is 7.80. The lowest BCUT2D eigenvalue weighted by Gasteiger charge is -2.39. The number of anilines is 2. The number of aryl methyl sites for hydroxylation is 1. The summed E-state index contributed by atoms with van der Waals surface area (Å²) in [7, 11) is 0. The van der Waals surface area contributed by atoms with Crippen LogP contribution in [0.15, 0.2) is 48.6 Å². The Morgan fingerprint density at radius 2 is 1.81 bits per heavy atom. The zero-order chi connectivity index (χ0) is 18.3. The van der Waals surface area contributed by atoms with Gasteiger partial charge in [0.2, 0.25) is 0 Å². The first kappa shape index (κ1) is 17.5. The second kappa shape index (κ2) is 7.00. The molecule has 0 radical (unpaired) electrons. The maximum atomic E-state index is 6.58. The molecule has 1 aliphatic heterocycles. The smallest absolute Gasteiger partial charge is 0.0554 e. The van der Waals surface area contributed by atoms with E-state index in [1.807, 2.05) is 6.07 Å². The molecule has 0 aromatic heterocycles. The fourth-order valence-corrected chi connectivity index (χ4v) is 4.90. The van der Waals surface area contributed by atoms with Crippen molar-refractivity contribution in [3.8, 4) is 0 Å². The van der Waals surface area contributed by atoms with E-state index in [-0.39, 0.29) is 0 Å². The molecule has 0 bridgehead atoms. The van der Waals surface area contributed by atoms with Gasteiger partial charge in [-0.2, -0.15) is 0 Å². The van der Waals surface area contributed by atoms with Crippen LogP contribution in [0.4, 0.5) is 11.4 Å². The van der Waals surface area contributed by atoms with Crippen LogP contribution in [0.3, 0.4) is 0 Å². The van der Waals surface area contributed by atoms with E-state index in [2.05, 4.69) is 73.5 Å². The largest absolute Gasteiger partial charge is 0.377 e. The molecule has 136 valence electrons. The van der Waals surface area contributed by atoms with Gasteiger partial charge in [-0.1, -0.05) is 42.0 Å². The van der Waals surface area contributed by atoms with Crippen molar-refractivity contribution < 1.29 is 0 Å². The van der Waals surface area contributed by atoms with Gasteiger partial charge in [-0.15, -0.1) is 0 Å². The molecule has 3 atom stereocenters. The summed E-state index contributed by atoms with van der Waals surface area (Å²) in [5.41, 5.74) is 6.44. The second-order valence-electron chi connectivity index (χ2n) is 7.39. The molecular weight excluding hydrogens is 340 g/mol. The van der Waals surface area contributed by atoms with Crippen LogP contribution in [0.1, 0.15) is 48.9 Å². The van der Waals surface area contributed by atoms with Gasteiger partial charge in [-0.25, -0.2) is 0 Å². The monoisotopic (exact) mass is 366 g/mol. The van der Waals surface area contributed by atoms with E-state index in [4.69, 9.17) is 11.6 Å². The lowest BCUT2D eigenvalue weighted by atomic mass is 9.76. The third-order valence-electron chi connectivity index (χ3n) is 6.06. The molecule has 1 heterocycles. The van der Waals surface area contributed by atoms with Crippen LogP contribution in [0.25, 0.3) is 0 Å². The Bertz CT molecular complexity index is 821. The van der Waals surface area contributed by atoms with E-state index in [0.717, 1.165) is 24.5 Å². The predicted molar refractivity (Wildman–Crippen MR) is 113 cm³/mol. The van der Waals surface area contributed by atoms with Gasteiger partial charge in [-0.3, -0.25) is 0 Å². The molecule has 0 saturated heterocycles. The van der Waals surface area contributed by atoms with E-state index < -0.39 is 0 Å². The van der Waals surface area contributed by atoms with Gasteiger partial charge in [0.15, 0.2) is 0 Å². The fraction of sp³-hybridized carbons (Fsp3) is 0.391. The van der Waals surface area contributed by atoms with Crippen molar-refractivity contribution in [2.24, 2.45) is 5.92 Å². The summed E-state index contributed by atoms with van der Waals surface area (Å²) in [5, 5.41) is 4.72. The third kappa shape index (κ3) is 2.81. The zero-order valence-corrected chi connectivity index (χ0v) is 16.6. The zero-order valence-electron chi connectivity index (χ0n) is 15.8. The number of benzene rings is 2. The number of rotatable bonds is 4. The Kier molecular flexibility index (Phi) is 4.71. The van der Waals surface area contributed by atoms with Gasteiger partial charge in [-0.05, 0) is 62.4 Å². The highest BCUT2D eigenvalue weighted by Gasteiger charge is 2.39. The molecule has 2 nitrogen and oxygen atoms in total. The number of nitrogens with zero attached hydrogens (tertiary/aromatic N) is 1. The molecule has 2 aromatic rings. The summed E-state index contributed by atoms with van der Waals surface area (Å²) >= 11 is 6.58. The van der Waals surface area contributed by atoms with Crippen molar-refractivity contribution in [1.82, 2.24) is 0 Å². The molecule has 2 aliphatic rings. The molecule has 0 spiro atoms. The van der Waals surface area contributed by atoms with Crippen LogP contribution >= 0.6 is 11.6 Å². The fourth-order valence-electron chi connectivity index (χ4n) is 4.62. The van der Waals surface area contributed by atoms with Gasteiger partial charge >= 0.3 is 0 Å². The number of allylic oxidation sites excluding steroid dienone is 2. The first-order valence-corrected chi connectivity index (χ1v) is 10.1. The minimum atomic E-state index is 0.324. The highest BCUT2D eigenvalue weighted by Crippen LogP contribution is 2.52. The molecule has 1 aliphatic carbocycles. The van der Waals surface area contributed by atoms with Crippen molar-refractivity contribution >= 4 is 23.0 Å². The average molecular weight is 367 g/mol. The molecule has 0 amide bonds. The van der Waals surface area contributed by atoms with Crippen LogP contribution < -0.4 is 10.2 Å². The average Bonchev–Trinajstić information content (AvgIpc) is 3.15. The standard InChI is InChI=1S/C23H27ClN2/c1-4-26(5-2)17-12-10-16(11-13-17)23-19-8-6-7-18(19)21-20(24)14-9-15(3)22(21)25-23/h6-7,9-14,18-19,23,25H,4-5,8H2,1-3H3. The Labute approximate surface area is 161 Å². The van der Waals surface area contributed by atoms with Crippen LogP contribution in [0.5, 0.6) is 0 Å². The lowest BCUT2D eigenvalue weighted by Crippen LogP contribution is -2.30. The lowest BCUT2D eigenvalue weighted by molar-refractivity contribution is 0.425. The number of halogens is 1. The number of nitrogens with one attached hydrogen (secondary N) is 1. The van der Waals surface area contributed by atoms with Crippen molar-refractivity contribution in [3.05, 3.63) is 70.3 Å². The molecule has 3 heteroatoms. The minimum absolute atomic E-state index is 0.324. The molecule has 26 heavy (non-hydrogen) atoms. The van der Waals surface area contributed by atoms with Crippen molar-refractivity contribution in [2.75, 3.05) is 23.3 Å². The summed E-state index contributed by atoms with van der Waals surface area (Å²) in [5.74, 6) is 0.937. The summed E-state index contributed by atoms with van der Waals surface area (Å²) in [4.78, 5) is 2.39. The van der Waals surface area contributed by atoms with E-state index in [1.54, 1.807) is 0 Å². The molecule has 1 N–H and O–H groups in total. The van der Waals surface area contributed by atoms with Crippen LogP contribution in [0, 0.1) is 12.8 Å². The van der Waals surface area contributed by atoms with E-state index in [1.165, 1.54) is 28.1 Å². The van der Waals surface area contributed by atoms with Crippen LogP contribution in [-0.2, 0) is 0 Å². The summed E-state index contributed by atoms with van der Waals surface area (Å²) < 4.78 is 0. The van der Waals surface area contributed by atoms with Gasteiger partial charge in [0.25, 0.3) is 0 Å². The van der Waals surface area contributed by atoms with E-state index >= 15 is 0 Å². The maximum Gasteiger partial charge on any atom is 0.0554 e. The Balaban J connectivity index is 1.71. The molecular formula is C23H27ClN2. The number of hydrogen-bond acceptors (Lipinski definition) is 2. The first-order chi connectivity index (χ1) is 12.6. The molecule has 0 saturated carbocycles. The highest BCUT2D eigenvalue weighted by atomic mass is 35.5. The van der Waals surface area contributed by atoms with Crippen molar-refractivity contribution in [1.29, 1.82) is 0 Å². The van der Waals surface area contributed by atoms with Crippen molar-refractivity contribution in [2.45, 2.75) is 39.2 Å². The number of fused-ring (bicyclic) bond motifs is 3. The van der Waals surface area contributed by atoms with Gasteiger partial charge in [0, 0.05) is 41.0 Å². The molecule has 3 unspecified atom stereocenters. The summed E-state index contributed by atoms with van der Waals surface area (Å²) in [6.07, 6.45) is 5.78. The summed E-state index contributed by atoms with van der Waals surface area (Å²) in [6.45, 7) is 8.66. The Morgan fingerprint density at radius 1 is 1.08 bits per heavy atom. The van der Waals surface area contributed by atoms with Crippen LogP contribution in [-0.4, -0.2) is 13.1 Å². The third-order valence-corrected chi connectivity index (χ3v) is 6.39. The topological polar surface area (TPSA) is 15.3 Å². The SMILES string of the molecule is CCN(CC)c1ccc(C2Nc3c(C)ccc(Cl)c3C3C=CCC32)cc1. The predicted octanol–water partition coefficient (Wildman–Crippen LogP) is 6.32. The van der Waals surface area contributed by atoms with Crippen LogP contribution in [0.2, 0.25) is 5.02 Å². The van der Waals surface area contributed by atoms with Gasteiger partial charge in [0.1, 0.15) is 0 Å². The number of hydrogen-bond donors (Lipinski definition) is 1. The molecule has 0 fully saturated rings. The van der Waals surface area contributed by atoms with E-state index in [0.29, 0.717) is 17.9 Å². The highest BCUT2D eigenvalue weighted by molar-refractivity contribution is 6.32. The maximum absolute atomic E-state index is 6.58. The van der Waals surface area contributed by atoms with Crippen molar-refractivity contribution in [3.63, 3.8) is 0 Å². The Morgan fingerprint density at radius 3 is 2.50 bits per heavy atom. The van der Waals surface area contributed by atoms with Gasteiger partial charge < -0.3 is 10.2 Å². The Hall–Kier alpha value is -1.93. The molecule has 4 rings (SSSR count). The summed E-state index contributed by atoms with van der Waals surface area (Å²) in [6, 6.07) is 13.6.